The van der Waals surface area contributed by atoms with Crippen molar-refractivity contribution in [2.75, 3.05) is 0 Å². The van der Waals surface area contributed by atoms with Gasteiger partial charge < -0.3 is 4.65 Å². The van der Waals surface area contributed by atoms with E-state index in [0.717, 1.165) is 0 Å². The van der Waals surface area contributed by atoms with Gasteiger partial charge in [-0.05, 0) is 0 Å². The minimum atomic E-state index is -2.90. The lowest BCUT2D eigenvalue weighted by Crippen LogP contribution is -2.23. The smallest absolute Gasteiger partial charge is 0.508 e. The highest BCUT2D eigenvalue weighted by atomic mass is 19.2. The first-order valence-electron chi connectivity index (χ1n) is 5.16. The molecule has 16 heavy (non-hydrogen) atoms. The summed E-state index contributed by atoms with van der Waals surface area (Å²) in [6.07, 6.45) is 1.17. The maximum atomic E-state index is 12.2. The normalized spacial score (nSPS) is 13.6. The number of allylic oxidation sites excluding steroid dienone is 2. The van der Waals surface area contributed by atoms with Crippen LogP contribution in [0.15, 0.2) is 11.8 Å². The first kappa shape index (κ1) is 15.1. The van der Waals surface area contributed by atoms with Crippen LogP contribution < -0.4 is 0 Å². The third kappa shape index (κ3) is 5.28. The van der Waals surface area contributed by atoms with Gasteiger partial charge in [0.05, 0.1) is 5.76 Å². The van der Waals surface area contributed by atoms with Gasteiger partial charge in [0, 0.05) is 16.9 Å². The van der Waals surface area contributed by atoms with Crippen LogP contribution in [0.2, 0.25) is 0 Å². The fraction of sp³-hybridized carbons (Fsp3) is 0.727. The van der Waals surface area contributed by atoms with Gasteiger partial charge >= 0.3 is 7.47 Å². The lowest BCUT2D eigenvalue weighted by atomic mass is 9.86. The Labute approximate surface area is 96.3 Å². The van der Waals surface area contributed by atoms with Crippen LogP contribution in [-0.4, -0.2) is 13.3 Å². The fourth-order valence-electron chi connectivity index (χ4n) is 0.859. The van der Waals surface area contributed by atoms with Crippen molar-refractivity contribution in [1.29, 1.82) is 0 Å². The molecule has 0 fully saturated rings. The van der Waals surface area contributed by atoms with E-state index in [2.05, 4.69) is 4.65 Å². The Morgan fingerprint density at radius 3 is 1.75 bits per heavy atom. The molecule has 0 unspecified atom stereocenters. The van der Waals surface area contributed by atoms with E-state index in [0.29, 0.717) is 0 Å². The first-order valence-corrected chi connectivity index (χ1v) is 5.16. The number of halogens is 2. The molecule has 0 atom stereocenters. The number of carbonyl (C=O) groups excluding carboxylic acids is 1. The zero-order valence-corrected chi connectivity index (χ0v) is 10.7. The van der Waals surface area contributed by atoms with Gasteiger partial charge in [0.15, 0.2) is 5.78 Å². The molecule has 0 aliphatic carbocycles. The molecule has 0 N–H and O–H groups in total. The van der Waals surface area contributed by atoms with Crippen LogP contribution in [0.1, 0.15) is 41.5 Å². The van der Waals surface area contributed by atoms with Crippen LogP contribution >= 0.6 is 0 Å². The molecule has 0 spiro atoms. The van der Waals surface area contributed by atoms with Gasteiger partial charge in [0.2, 0.25) is 0 Å². The van der Waals surface area contributed by atoms with Gasteiger partial charge in [-0.1, -0.05) is 41.5 Å². The minimum absolute atomic E-state index is 0.0161. The van der Waals surface area contributed by atoms with Crippen molar-refractivity contribution in [2.45, 2.75) is 41.5 Å². The molecule has 0 aromatic heterocycles. The summed E-state index contributed by atoms with van der Waals surface area (Å²) in [6, 6.07) is 0. The van der Waals surface area contributed by atoms with E-state index in [9.17, 15) is 13.4 Å². The van der Waals surface area contributed by atoms with E-state index in [1.807, 2.05) is 0 Å². The molecular weight excluding hydrogens is 213 g/mol. The topological polar surface area (TPSA) is 26.3 Å². The summed E-state index contributed by atoms with van der Waals surface area (Å²) in [4.78, 5) is 11.7. The number of hydrogen-bond acceptors (Lipinski definition) is 2. The Kier molecular flexibility index (Phi) is 4.71. The lowest BCUT2D eigenvalue weighted by Gasteiger charge is -2.24. The molecule has 0 rings (SSSR count). The molecule has 2 nitrogen and oxygen atoms in total. The molecular formula is C11H19BF2O2. The molecule has 0 aromatic rings. The largest absolute Gasteiger partial charge is 0.796 e. The van der Waals surface area contributed by atoms with Crippen molar-refractivity contribution in [3.05, 3.63) is 11.8 Å². The predicted molar refractivity (Wildman–Crippen MR) is 61.1 cm³/mol. The molecule has 0 aliphatic rings. The zero-order chi connectivity index (χ0) is 13.1. The summed E-state index contributed by atoms with van der Waals surface area (Å²) >= 11 is 0. The van der Waals surface area contributed by atoms with E-state index in [4.69, 9.17) is 0 Å². The quantitative estimate of drug-likeness (QED) is 0.423. The molecule has 0 saturated heterocycles. The monoisotopic (exact) mass is 232 g/mol. The van der Waals surface area contributed by atoms with Crippen molar-refractivity contribution in [1.82, 2.24) is 0 Å². The molecule has 0 saturated carbocycles. The van der Waals surface area contributed by atoms with E-state index < -0.39 is 18.3 Å². The van der Waals surface area contributed by atoms with Gasteiger partial charge in [-0.15, -0.1) is 0 Å². The van der Waals surface area contributed by atoms with Crippen LogP contribution in [0.25, 0.3) is 0 Å². The summed E-state index contributed by atoms with van der Waals surface area (Å²) in [5.74, 6) is -0.208. The van der Waals surface area contributed by atoms with E-state index in [-0.39, 0.29) is 11.5 Å². The maximum Gasteiger partial charge on any atom is 0.796 e. The maximum absolute atomic E-state index is 12.2. The van der Waals surface area contributed by atoms with Gasteiger partial charge in [0.1, 0.15) is 0 Å². The van der Waals surface area contributed by atoms with Crippen LogP contribution in [0, 0.1) is 10.8 Å². The van der Waals surface area contributed by atoms with Gasteiger partial charge in [-0.2, -0.15) is 0 Å². The summed E-state index contributed by atoms with van der Waals surface area (Å²) in [5, 5.41) is 0. The Hall–Kier alpha value is -0.865. The van der Waals surface area contributed by atoms with Crippen LogP contribution in [0.5, 0.6) is 0 Å². The van der Waals surface area contributed by atoms with Gasteiger partial charge in [-0.3, -0.25) is 4.79 Å². The summed E-state index contributed by atoms with van der Waals surface area (Å²) < 4.78 is 28.8. The Morgan fingerprint density at radius 1 is 1.06 bits per heavy atom. The lowest BCUT2D eigenvalue weighted by molar-refractivity contribution is -0.121. The molecule has 5 heteroatoms. The third-order valence-corrected chi connectivity index (χ3v) is 1.96. The zero-order valence-electron chi connectivity index (χ0n) is 10.7. The molecule has 0 amide bonds. The van der Waals surface area contributed by atoms with Crippen molar-refractivity contribution >= 4 is 13.3 Å². The third-order valence-electron chi connectivity index (χ3n) is 1.96. The Bertz CT molecular complexity index is 285. The Morgan fingerprint density at radius 2 is 1.50 bits per heavy atom. The second kappa shape index (κ2) is 4.98. The molecule has 0 aliphatic heterocycles. The van der Waals surface area contributed by atoms with Gasteiger partial charge in [0.25, 0.3) is 0 Å². The molecule has 0 aromatic carbocycles. The standard InChI is InChI=1S/C11H19BF2O2/c1-10(2,3)8(15)7-9(11(4,5)6)16-12(13)14/h7H,1-6H3/b9-7+. The SMILES string of the molecule is CC(C)(C)C(=O)/C=C(/OB(F)F)C(C)(C)C. The highest BCUT2D eigenvalue weighted by Gasteiger charge is 2.29. The van der Waals surface area contributed by atoms with Crippen molar-refractivity contribution in [3.63, 3.8) is 0 Å². The van der Waals surface area contributed by atoms with E-state index in [1.54, 1.807) is 41.5 Å². The van der Waals surface area contributed by atoms with Crippen LogP contribution in [0.3, 0.4) is 0 Å². The average Bonchev–Trinajstić information content (AvgIpc) is 1.98. The van der Waals surface area contributed by atoms with Crippen molar-refractivity contribution in [3.8, 4) is 0 Å². The number of ketones is 1. The summed E-state index contributed by atoms with van der Waals surface area (Å²) in [5.41, 5.74) is -1.21. The fourth-order valence-corrected chi connectivity index (χ4v) is 0.859. The number of carbonyl (C=O) groups is 1. The van der Waals surface area contributed by atoms with Crippen LogP contribution in [-0.2, 0) is 9.45 Å². The van der Waals surface area contributed by atoms with E-state index in [1.165, 1.54) is 6.08 Å². The highest BCUT2D eigenvalue weighted by molar-refractivity contribution is 6.34. The second-order valence-electron chi connectivity index (χ2n) is 5.75. The predicted octanol–water partition coefficient (Wildman–Crippen LogP) is 3.47. The number of hydrogen-bond donors (Lipinski definition) is 0. The average molecular weight is 232 g/mol. The molecule has 0 radical (unpaired) electrons. The molecule has 0 heterocycles. The number of rotatable bonds is 3. The van der Waals surface area contributed by atoms with Crippen molar-refractivity contribution in [2.24, 2.45) is 10.8 Å². The summed E-state index contributed by atoms with van der Waals surface area (Å²) in [7, 11) is -2.90. The molecule has 0 bridgehead atoms. The second-order valence-corrected chi connectivity index (χ2v) is 5.75. The highest BCUT2D eigenvalue weighted by Crippen LogP contribution is 2.29. The molecule has 92 valence electrons. The van der Waals surface area contributed by atoms with Crippen LogP contribution in [0.4, 0.5) is 8.63 Å². The first-order chi connectivity index (χ1) is 6.94. The van der Waals surface area contributed by atoms with Gasteiger partial charge in [-0.25, -0.2) is 8.63 Å². The van der Waals surface area contributed by atoms with E-state index >= 15 is 0 Å². The van der Waals surface area contributed by atoms with Crippen molar-refractivity contribution < 1.29 is 18.1 Å². The minimum Gasteiger partial charge on any atom is -0.508 e. The summed E-state index contributed by atoms with van der Waals surface area (Å²) in [6.45, 7) is 10.4. The Balaban J connectivity index is 5.06.